The van der Waals surface area contributed by atoms with Crippen molar-refractivity contribution in [3.63, 3.8) is 0 Å². The Balaban J connectivity index is 1.76. The Hall–Kier alpha value is -0.150. The van der Waals surface area contributed by atoms with Gasteiger partial charge >= 0.3 is 0 Å². The topological polar surface area (TPSA) is 17.1 Å². The SMILES string of the molecule is CCCCC1CCC(C(=O)Cc2cc(Br)cs2)CC1. The molecule has 1 aromatic heterocycles. The minimum Gasteiger partial charge on any atom is -0.299 e. The van der Waals surface area contributed by atoms with Gasteiger partial charge in [0.2, 0.25) is 0 Å². The van der Waals surface area contributed by atoms with E-state index in [0.29, 0.717) is 18.1 Å². The zero-order valence-corrected chi connectivity index (χ0v) is 14.1. The molecule has 0 spiro atoms. The van der Waals surface area contributed by atoms with Gasteiger partial charge in [0.25, 0.3) is 0 Å². The highest BCUT2D eigenvalue weighted by atomic mass is 79.9. The number of carbonyl (C=O) groups is 1. The number of hydrogen-bond acceptors (Lipinski definition) is 2. The first kappa shape index (κ1) is 15.2. The molecule has 0 atom stereocenters. The maximum absolute atomic E-state index is 12.3. The molecule has 2 rings (SSSR count). The predicted octanol–water partition coefficient (Wildman–Crippen LogP) is 5.62. The van der Waals surface area contributed by atoms with Gasteiger partial charge in [0.15, 0.2) is 0 Å². The van der Waals surface area contributed by atoms with Gasteiger partial charge in [-0.1, -0.05) is 26.2 Å². The van der Waals surface area contributed by atoms with Crippen molar-refractivity contribution in [2.45, 2.75) is 58.3 Å². The zero-order valence-electron chi connectivity index (χ0n) is 11.7. The lowest BCUT2D eigenvalue weighted by Gasteiger charge is -2.27. The van der Waals surface area contributed by atoms with Crippen LogP contribution in [0.3, 0.4) is 0 Å². The molecule has 0 amide bonds. The number of rotatable bonds is 6. The summed E-state index contributed by atoms with van der Waals surface area (Å²) in [6.07, 6.45) is 9.45. The van der Waals surface area contributed by atoms with E-state index in [2.05, 4.69) is 34.3 Å². The van der Waals surface area contributed by atoms with Gasteiger partial charge in [-0.05, 0) is 53.6 Å². The molecule has 1 aliphatic rings. The van der Waals surface area contributed by atoms with E-state index in [1.54, 1.807) is 11.3 Å². The summed E-state index contributed by atoms with van der Waals surface area (Å²) in [5, 5.41) is 2.06. The summed E-state index contributed by atoms with van der Waals surface area (Å²) in [7, 11) is 0. The van der Waals surface area contributed by atoms with Crippen LogP contribution in [-0.2, 0) is 11.2 Å². The van der Waals surface area contributed by atoms with Gasteiger partial charge in [0, 0.05) is 27.1 Å². The molecule has 1 fully saturated rings. The molecule has 0 aliphatic heterocycles. The average Bonchev–Trinajstić information content (AvgIpc) is 2.82. The largest absolute Gasteiger partial charge is 0.299 e. The molecular formula is C16H23BrOS. The Morgan fingerprint density at radius 1 is 1.37 bits per heavy atom. The number of halogens is 1. The molecule has 1 heterocycles. The normalized spacial score (nSPS) is 23.5. The summed E-state index contributed by atoms with van der Waals surface area (Å²) in [5.74, 6) is 1.68. The number of unbranched alkanes of at least 4 members (excludes halogenated alkanes) is 1. The quantitative estimate of drug-likeness (QED) is 0.655. The van der Waals surface area contributed by atoms with Crippen molar-refractivity contribution in [3.05, 3.63) is 20.8 Å². The molecule has 0 saturated heterocycles. The molecule has 1 aliphatic carbocycles. The molecule has 1 nitrogen and oxygen atoms in total. The number of carbonyl (C=O) groups excluding carboxylic acids is 1. The first-order valence-corrected chi connectivity index (χ1v) is 9.12. The van der Waals surface area contributed by atoms with E-state index in [-0.39, 0.29) is 0 Å². The lowest BCUT2D eigenvalue weighted by molar-refractivity contribution is -0.123. The first-order chi connectivity index (χ1) is 9.19. The van der Waals surface area contributed by atoms with Gasteiger partial charge in [-0.15, -0.1) is 11.3 Å². The minimum atomic E-state index is 0.332. The minimum absolute atomic E-state index is 0.332. The molecular weight excluding hydrogens is 320 g/mol. The fourth-order valence-corrected chi connectivity index (χ4v) is 4.49. The second kappa shape index (κ2) is 7.58. The first-order valence-electron chi connectivity index (χ1n) is 7.44. The lowest BCUT2D eigenvalue weighted by Crippen LogP contribution is -2.23. The molecule has 0 radical (unpaired) electrons. The Morgan fingerprint density at radius 3 is 2.68 bits per heavy atom. The summed E-state index contributed by atoms with van der Waals surface area (Å²) < 4.78 is 1.10. The Labute approximate surface area is 128 Å². The molecule has 0 unspecified atom stereocenters. The van der Waals surface area contributed by atoms with E-state index >= 15 is 0 Å². The maximum Gasteiger partial charge on any atom is 0.141 e. The lowest BCUT2D eigenvalue weighted by atomic mass is 9.77. The van der Waals surface area contributed by atoms with Crippen LogP contribution in [0.25, 0.3) is 0 Å². The number of thiophene rings is 1. The van der Waals surface area contributed by atoms with Crippen LogP contribution in [-0.4, -0.2) is 5.78 Å². The Bertz CT molecular complexity index is 405. The summed E-state index contributed by atoms with van der Waals surface area (Å²) in [4.78, 5) is 13.5. The molecule has 3 heteroatoms. The molecule has 0 N–H and O–H groups in total. The van der Waals surface area contributed by atoms with Crippen LogP contribution < -0.4 is 0 Å². The van der Waals surface area contributed by atoms with Crippen molar-refractivity contribution in [2.75, 3.05) is 0 Å². The van der Waals surface area contributed by atoms with Crippen LogP contribution in [0.15, 0.2) is 15.9 Å². The van der Waals surface area contributed by atoms with Gasteiger partial charge in [-0.25, -0.2) is 0 Å². The van der Waals surface area contributed by atoms with Crippen LogP contribution in [0.2, 0.25) is 0 Å². The second-order valence-electron chi connectivity index (χ2n) is 5.73. The fraction of sp³-hybridized carbons (Fsp3) is 0.688. The fourth-order valence-electron chi connectivity index (χ4n) is 3.03. The monoisotopic (exact) mass is 342 g/mol. The van der Waals surface area contributed by atoms with Gasteiger partial charge in [0.05, 0.1) is 0 Å². The van der Waals surface area contributed by atoms with Crippen molar-refractivity contribution < 1.29 is 4.79 Å². The third kappa shape index (κ3) is 4.71. The summed E-state index contributed by atoms with van der Waals surface area (Å²) in [6, 6.07) is 2.08. The molecule has 1 aromatic rings. The van der Waals surface area contributed by atoms with E-state index in [0.717, 1.165) is 23.2 Å². The van der Waals surface area contributed by atoms with Crippen molar-refractivity contribution in [2.24, 2.45) is 11.8 Å². The average molecular weight is 343 g/mol. The molecule has 0 aromatic carbocycles. The molecule has 106 valence electrons. The predicted molar refractivity (Wildman–Crippen MR) is 85.7 cm³/mol. The van der Waals surface area contributed by atoms with E-state index in [4.69, 9.17) is 0 Å². The second-order valence-corrected chi connectivity index (χ2v) is 7.65. The highest BCUT2D eigenvalue weighted by Crippen LogP contribution is 2.33. The number of Topliss-reactive ketones (excluding diaryl/α,β-unsaturated/α-hetero) is 1. The number of hydrogen-bond donors (Lipinski definition) is 0. The zero-order chi connectivity index (χ0) is 13.7. The third-order valence-electron chi connectivity index (χ3n) is 4.24. The standard InChI is InChI=1S/C16H23BrOS/c1-2-3-4-12-5-7-13(8-6-12)16(18)10-15-9-14(17)11-19-15/h9,11-13H,2-8,10H2,1H3. The van der Waals surface area contributed by atoms with Gasteiger partial charge in [-0.3, -0.25) is 4.79 Å². The van der Waals surface area contributed by atoms with Gasteiger partial charge in [0.1, 0.15) is 5.78 Å². The van der Waals surface area contributed by atoms with Gasteiger partial charge < -0.3 is 0 Å². The van der Waals surface area contributed by atoms with Crippen molar-refractivity contribution in [1.29, 1.82) is 0 Å². The maximum atomic E-state index is 12.3. The van der Waals surface area contributed by atoms with Crippen LogP contribution >= 0.6 is 27.3 Å². The van der Waals surface area contributed by atoms with Crippen LogP contribution in [0.5, 0.6) is 0 Å². The highest BCUT2D eigenvalue weighted by molar-refractivity contribution is 9.10. The summed E-state index contributed by atoms with van der Waals surface area (Å²) >= 11 is 5.13. The Kier molecular flexibility index (Phi) is 6.08. The molecule has 0 bridgehead atoms. The van der Waals surface area contributed by atoms with E-state index in [1.807, 2.05) is 0 Å². The van der Waals surface area contributed by atoms with Crippen LogP contribution in [0.4, 0.5) is 0 Å². The summed E-state index contributed by atoms with van der Waals surface area (Å²) in [6.45, 7) is 2.26. The van der Waals surface area contributed by atoms with Crippen molar-refractivity contribution in [1.82, 2.24) is 0 Å². The Morgan fingerprint density at radius 2 is 2.11 bits per heavy atom. The van der Waals surface area contributed by atoms with E-state index in [1.165, 1.54) is 37.0 Å². The van der Waals surface area contributed by atoms with Gasteiger partial charge in [-0.2, -0.15) is 0 Å². The van der Waals surface area contributed by atoms with Crippen LogP contribution in [0.1, 0.15) is 56.7 Å². The number of ketones is 1. The highest BCUT2D eigenvalue weighted by Gasteiger charge is 2.25. The smallest absolute Gasteiger partial charge is 0.141 e. The van der Waals surface area contributed by atoms with Crippen LogP contribution in [0, 0.1) is 11.8 Å². The van der Waals surface area contributed by atoms with E-state index < -0.39 is 0 Å². The molecule has 19 heavy (non-hydrogen) atoms. The summed E-state index contributed by atoms with van der Waals surface area (Å²) in [5.41, 5.74) is 0. The third-order valence-corrected chi connectivity index (χ3v) is 5.94. The van der Waals surface area contributed by atoms with E-state index in [9.17, 15) is 4.79 Å². The van der Waals surface area contributed by atoms with Crippen molar-refractivity contribution >= 4 is 33.0 Å². The molecule has 1 saturated carbocycles. The van der Waals surface area contributed by atoms with Crippen molar-refractivity contribution in [3.8, 4) is 0 Å².